The molecule has 1 aliphatic rings. The van der Waals surface area contributed by atoms with Crippen LogP contribution in [0.5, 0.6) is 0 Å². The van der Waals surface area contributed by atoms with Gasteiger partial charge in [-0.15, -0.1) is 0 Å². The van der Waals surface area contributed by atoms with Crippen LogP contribution >= 0.6 is 0 Å². The lowest BCUT2D eigenvalue weighted by Crippen LogP contribution is -2.15. The minimum Gasteiger partial charge on any atom is -0.461 e. The second kappa shape index (κ2) is 5.35. The normalized spacial score (nSPS) is 14.2. The maximum atomic E-state index is 12.4. The fraction of sp³-hybridized carbons (Fsp3) is 0.412. The van der Waals surface area contributed by atoms with Gasteiger partial charge in [0.15, 0.2) is 5.69 Å². The van der Waals surface area contributed by atoms with E-state index in [1.807, 2.05) is 45.2 Å². The van der Waals surface area contributed by atoms with Crippen molar-refractivity contribution in [2.24, 2.45) is 0 Å². The first-order valence-electron chi connectivity index (χ1n) is 7.45. The summed E-state index contributed by atoms with van der Waals surface area (Å²) in [5, 5.41) is 4.49. The molecule has 0 amide bonds. The number of para-hydroxylation sites is 1. The first kappa shape index (κ1) is 13.9. The fourth-order valence-electron chi connectivity index (χ4n) is 2.77. The Bertz CT molecular complexity index is 664. The highest BCUT2D eigenvalue weighted by Gasteiger charge is 2.32. The van der Waals surface area contributed by atoms with Crippen molar-refractivity contribution in [2.75, 3.05) is 6.61 Å². The van der Waals surface area contributed by atoms with Crippen LogP contribution in [-0.2, 0) is 4.74 Å². The maximum Gasteiger partial charge on any atom is 0.357 e. The van der Waals surface area contributed by atoms with Crippen molar-refractivity contribution in [2.45, 2.75) is 39.5 Å². The second-order valence-electron chi connectivity index (χ2n) is 5.60. The Morgan fingerprint density at radius 1 is 1.33 bits per heavy atom. The van der Waals surface area contributed by atoms with Gasteiger partial charge >= 0.3 is 5.97 Å². The Labute approximate surface area is 124 Å². The Kier molecular flexibility index (Phi) is 3.53. The molecular formula is C17H20N2O2. The molecule has 0 radical (unpaired) electrons. The van der Waals surface area contributed by atoms with Crippen molar-refractivity contribution in [3.05, 3.63) is 46.8 Å². The molecule has 0 unspecified atom stereocenters. The minimum absolute atomic E-state index is 0.278. The molecule has 4 nitrogen and oxygen atoms in total. The van der Waals surface area contributed by atoms with E-state index in [0.29, 0.717) is 18.2 Å². The molecule has 1 aliphatic carbocycles. The van der Waals surface area contributed by atoms with Crippen molar-refractivity contribution < 1.29 is 9.53 Å². The van der Waals surface area contributed by atoms with Crippen LogP contribution in [0.4, 0.5) is 0 Å². The van der Waals surface area contributed by atoms with Gasteiger partial charge in [0.25, 0.3) is 0 Å². The van der Waals surface area contributed by atoms with Crippen molar-refractivity contribution in [1.29, 1.82) is 0 Å². The van der Waals surface area contributed by atoms with Crippen LogP contribution in [0.15, 0.2) is 24.4 Å². The lowest BCUT2D eigenvalue weighted by molar-refractivity contribution is 0.0514. The van der Waals surface area contributed by atoms with Crippen LogP contribution in [0.2, 0.25) is 0 Å². The monoisotopic (exact) mass is 284 g/mol. The van der Waals surface area contributed by atoms with Crippen molar-refractivity contribution in [1.82, 2.24) is 9.78 Å². The molecule has 110 valence electrons. The topological polar surface area (TPSA) is 44.1 Å². The lowest BCUT2D eigenvalue weighted by Gasteiger charge is -2.13. The second-order valence-corrected chi connectivity index (χ2v) is 5.60. The highest BCUT2D eigenvalue weighted by Crippen LogP contribution is 2.42. The first-order valence-corrected chi connectivity index (χ1v) is 7.45. The molecular weight excluding hydrogens is 264 g/mol. The quantitative estimate of drug-likeness (QED) is 0.807. The Morgan fingerprint density at radius 3 is 2.57 bits per heavy atom. The van der Waals surface area contributed by atoms with Gasteiger partial charge in [-0.25, -0.2) is 9.48 Å². The Morgan fingerprint density at radius 2 is 2.00 bits per heavy atom. The summed E-state index contributed by atoms with van der Waals surface area (Å²) in [6.45, 7) is 6.28. The minimum atomic E-state index is -0.278. The van der Waals surface area contributed by atoms with E-state index in [1.165, 1.54) is 0 Å². The third-order valence-corrected chi connectivity index (χ3v) is 3.93. The van der Waals surface area contributed by atoms with Crippen LogP contribution in [0.3, 0.4) is 0 Å². The standard InChI is InChI=1S/C17H20N2O2/c1-4-21-17(20)16-14(13-8-9-13)10-18-19(16)15-11(2)6-5-7-12(15)3/h5-7,10,13H,4,8-9H2,1-3H3. The largest absolute Gasteiger partial charge is 0.461 e. The zero-order chi connectivity index (χ0) is 15.0. The van der Waals surface area contributed by atoms with E-state index >= 15 is 0 Å². The molecule has 0 atom stereocenters. The molecule has 3 rings (SSSR count). The van der Waals surface area contributed by atoms with Crippen molar-refractivity contribution in [3.8, 4) is 5.69 Å². The lowest BCUT2D eigenvalue weighted by atomic mass is 10.1. The summed E-state index contributed by atoms with van der Waals surface area (Å²) in [5.74, 6) is 0.182. The molecule has 0 saturated heterocycles. The maximum absolute atomic E-state index is 12.4. The fourth-order valence-corrected chi connectivity index (χ4v) is 2.77. The number of esters is 1. The van der Waals surface area contributed by atoms with Gasteiger partial charge in [0.2, 0.25) is 0 Å². The molecule has 1 heterocycles. The number of hydrogen-bond acceptors (Lipinski definition) is 3. The highest BCUT2D eigenvalue weighted by molar-refractivity contribution is 5.90. The SMILES string of the molecule is CCOC(=O)c1c(C2CC2)cnn1-c1c(C)cccc1C. The molecule has 4 heteroatoms. The average Bonchev–Trinajstić information content (AvgIpc) is 3.19. The molecule has 0 aliphatic heterocycles. The number of carbonyl (C=O) groups excluding carboxylic acids is 1. The van der Waals surface area contributed by atoms with Gasteiger partial charge in [-0.05, 0) is 50.7 Å². The number of ether oxygens (including phenoxy) is 1. The summed E-state index contributed by atoms with van der Waals surface area (Å²) in [7, 11) is 0. The van der Waals surface area contributed by atoms with E-state index in [2.05, 4.69) is 5.10 Å². The van der Waals surface area contributed by atoms with Gasteiger partial charge in [-0.2, -0.15) is 5.10 Å². The van der Waals surface area contributed by atoms with E-state index in [9.17, 15) is 4.79 Å². The van der Waals surface area contributed by atoms with E-state index in [0.717, 1.165) is 35.2 Å². The average molecular weight is 284 g/mol. The summed E-state index contributed by atoms with van der Waals surface area (Å²) in [4.78, 5) is 12.4. The number of aromatic nitrogens is 2. The van der Waals surface area contributed by atoms with Gasteiger partial charge in [-0.1, -0.05) is 18.2 Å². The first-order chi connectivity index (χ1) is 10.1. The molecule has 1 saturated carbocycles. The molecule has 2 aromatic rings. The van der Waals surface area contributed by atoms with E-state index < -0.39 is 0 Å². The zero-order valence-corrected chi connectivity index (χ0v) is 12.7. The third-order valence-electron chi connectivity index (χ3n) is 3.93. The number of rotatable bonds is 4. The Balaban J connectivity index is 2.16. The van der Waals surface area contributed by atoms with Crippen LogP contribution in [0.1, 0.15) is 52.9 Å². The number of aryl methyl sites for hydroxylation is 2. The number of nitrogens with zero attached hydrogens (tertiary/aromatic N) is 2. The van der Waals surface area contributed by atoms with Crippen LogP contribution in [-0.4, -0.2) is 22.4 Å². The zero-order valence-electron chi connectivity index (χ0n) is 12.7. The molecule has 1 aromatic carbocycles. The van der Waals surface area contributed by atoms with Gasteiger partial charge in [0.1, 0.15) is 0 Å². The summed E-state index contributed by atoms with van der Waals surface area (Å²) in [6.07, 6.45) is 4.09. The van der Waals surface area contributed by atoms with Gasteiger partial charge in [0, 0.05) is 5.56 Å². The number of hydrogen-bond donors (Lipinski definition) is 0. The predicted octanol–water partition coefficient (Wildman–Crippen LogP) is 3.54. The van der Waals surface area contributed by atoms with Crippen LogP contribution in [0.25, 0.3) is 5.69 Å². The Hall–Kier alpha value is -2.10. The third kappa shape index (κ3) is 2.46. The van der Waals surface area contributed by atoms with E-state index in [4.69, 9.17) is 4.74 Å². The van der Waals surface area contributed by atoms with E-state index in [1.54, 1.807) is 4.68 Å². The summed E-state index contributed by atoms with van der Waals surface area (Å²) in [6, 6.07) is 6.09. The van der Waals surface area contributed by atoms with Gasteiger partial charge < -0.3 is 4.74 Å². The van der Waals surface area contributed by atoms with Gasteiger partial charge in [0.05, 0.1) is 18.5 Å². The highest BCUT2D eigenvalue weighted by atomic mass is 16.5. The summed E-state index contributed by atoms with van der Waals surface area (Å²) in [5.41, 5.74) is 4.80. The van der Waals surface area contributed by atoms with Crippen LogP contribution < -0.4 is 0 Å². The van der Waals surface area contributed by atoms with Crippen molar-refractivity contribution >= 4 is 5.97 Å². The van der Waals surface area contributed by atoms with Crippen molar-refractivity contribution in [3.63, 3.8) is 0 Å². The molecule has 1 aromatic heterocycles. The summed E-state index contributed by atoms with van der Waals surface area (Å²) >= 11 is 0. The smallest absolute Gasteiger partial charge is 0.357 e. The summed E-state index contributed by atoms with van der Waals surface area (Å²) < 4.78 is 7.01. The molecule has 1 fully saturated rings. The number of benzene rings is 1. The molecule has 0 N–H and O–H groups in total. The predicted molar refractivity (Wildman–Crippen MR) is 81.0 cm³/mol. The van der Waals surface area contributed by atoms with Gasteiger partial charge in [-0.3, -0.25) is 0 Å². The van der Waals surface area contributed by atoms with Crippen LogP contribution in [0, 0.1) is 13.8 Å². The van der Waals surface area contributed by atoms with E-state index in [-0.39, 0.29) is 5.97 Å². The molecule has 0 bridgehead atoms. The number of carbonyl (C=O) groups is 1. The molecule has 0 spiro atoms. The molecule has 21 heavy (non-hydrogen) atoms.